The fraction of sp³-hybridized carbons (Fsp3) is 0.136. The fourth-order valence-corrected chi connectivity index (χ4v) is 3.63. The van der Waals surface area contributed by atoms with Gasteiger partial charge in [0.05, 0.1) is 11.8 Å². The third-order valence-corrected chi connectivity index (χ3v) is 5.16. The molecular formula is C22H18N4OS. The van der Waals surface area contributed by atoms with Gasteiger partial charge < -0.3 is 4.74 Å². The second kappa shape index (κ2) is 8.15. The number of nitriles is 1. The van der Waals surface area contributed by atoms with E-state index >= 15 is 0 Å². The van der Waals surface area contributed by atoms with E-state index in [1.807, 2.05) is 66.1 Å². The first-order valence-electron chi connectivity index (χ1n) is 8.88. The monoisotopic (exact) mass is 386 g/mol. The van der Waals surface area contributed by atoms with Crippen molar-refractivity contribution < 1.29 is 4.74 Å². The minimum Gasteiger partial charge on any atom is -0.485 e. The van der Waals surface area contributed by atoms with Crippen molar-refractivity contribution in [1.82, 2.24) is 14.8 Å². The fourth-order valence-electron chi connectivity index (χ4n) is 3.00. The summed E-state index contributed by atoms with van der Waals surface area (Å²) in [5.41, 5.74) is 2.13. The van der Waals surface area contributed by atoms with E-state index < -0.39 is 0 Å². The Hall–Kier alpha value is -3.30. The molecule has 0 unspecified atom stereocenters. The van der Waals surface area contributed by atoms with Gasteiger partial charge in [-0.15, -0.1) is 10.2 Å². The molecular weight excluding hydrogens is 368 g/mol. The van der Waals surface area contributed by atoms with Crippen LogP contribution in [-0.4, -0.2) is 20.5 Å². The molecule has 3 aromatic carbocycles. The van der Waals surface area contributed by atoms with Crippen LogP contribution < -0.4 is 4.74 Å². The Kier molecular flexibility index (Phi) is 5.27. The molecule has 6 heteroatoms. The Balaban J connectivity index is 1.66. The van der Waals surface area contributed by atoms with E-state index in [4.69, 9.17) is 10.00 Å². The largest absolute Gasteiger partial charge is 0.485 e. The third kappa shape index (κ3) is 3.71. The molecule has 0 bridgehead atoms. The van der Waals surface area contributed by atoms with E-state index in [2.05, 4.69) is 28.4 Å². The lowest BCUT2D eigenvalue weighted by Gasteiger charge is -2.12. The molecule has 0 saturated carbocycles. The van der Waals surface area contributed by atoms with Gasteiger partial charge in [0.15, 0.2) is 11.0 Å². The number of aryl methyl sites for hydroxylation is 1. The van der Waals surface area contributed by atoms with Crippen LogP contribution in [0, 0.1) is 18.3 Å². The van der Waals surface area contributed by atoms with Crippen LogP contribution in [0.4, 0.5) is 0 Å². The Labute approximate surface area is 167 Å². The number of ether oxygens (including phenoxy) is 1. The summed E-state index contributed by atoms with van der Waals surface area (Å²) in [6.07, 6.45) is 0. The molecule has 0 amide bonds. The molecule has 0 atom stereocenters. The molecule has 0 aliphatic heterocycles. The van der Waals surface area contributed by atoms with Crippen LogP contribution in [0.3, 0.4) is 0 Å². The molecule has 1 heterocycles. The van der Waals surface area contributed by atoms with Crippen molar-refractivity contribution in [3.8, 4) is 17.5 Å². The number of nitrogens with zero attached hydrogens (tertiary/aromatic N) is 4. The van der Waals surface area contributed by atoms with Crippen LogP contribution in [0.2, 0.25) is 0 Å². The van der Waals surface area contributed by atoms with E-state index in [0.29, 0.717) is 16.7 Å². The second-order valence-corrected chi connectivity index (χ2v) is 7.23. The summed E-state index contributed by atoms with van der Waals surface area (Å²) in [7, 11) is 0. The van der Waals surface area contributed by atoms with Gasteiger partial charge in [0.2, 0.25) is 0 Å². The van der Waals surface area contributed by atoms with Crippen molar-refractivity contribution in [2.75, 3.05) is 5.75 Å². The molecule has 0 saturated heterocycles. The average molecular weight is 386 g/mol. The van der Waals surface area contributed by atoms with E-state index in [1.165, 1.54) is 17.3 Å². The first-order chi connectivity index (χ1) is 13.8. The molecule has 28 heavy (non-hydrogen) atoms. The van der Waals surface area contributed by atoms with Crippen LogP contribution in [0.5, 0.6) is 5.75 Å². The lowest BCUT2D eigenvalue weighted by molar-refractivity contribution is 0.296. The number of aromatic nitrogens is 3. The molecule has 4 aromatic rings. The summed E-state index contributed by atoms with van der Waals surface area (Å²) in [5.74, 6) is 1.81. The Morgan fingerprint density at radius 2 is 1.79 bits per heavy atom. The molecule has 1 aromatic heterocycles. The maximum absolute atomic E-state index is 8.93. The number of rotatable bonds is 6. The minimum atomic E-state index is 0.280. The highest BCUT2D eigenvalue weighted by molar-refractivity contribution is 7.99. The van der Waals surface area contributed by atoms with Gasteiger partial charge in [0.25, 0.3) is 0 Å². The van der Waals surface area contributed by atoms with Gasteiger partial charge >= 0.3 is 0 Å². The number of thioether (sulfide) groups is 1. The quantitative estimate of drug-likeness (QED) is 0.440. The summed E-state index contributed by atoms with van der Waals surface area (Å²) in [5, 5.41) is 20.4. The Bertz CT molecular complexity index is 1140. The number of fused-ring (bicyclic) bond motifs is 1. The summed E-state index contributed by atoms with van der Waals surface area (Å²) in [4.78, 5) is 0. The summed E-state index contributed by atoms with van der Waals surface area (Å²) in [6, 6.07) is 24.4. The third-order valence-electron chi connectivity index (χ3n) is 4.36. The average Bonchev–Trinajstić information content (AvgIpc) is 3.14. The molecule has 0 N–H and O–H groups in total. The summed E-state index contributed by atoms with van der Waals surface area (Å²) >= 11 is 1.36. The Morgan fingerprint density at radius 3 is 2.61 bits per heavy atom. The first kappa shape index (κ1) is 18.1. The van der Waals surface area contributed by atoms with Crippen molar-refractivity contribution in [2.45, 2.75) is 18.7 Å². The van der Waals surface area contributed by atoms with Crippen LogP contribution >= 0.6 is 11.8 Å². The lowest BCUT2D eigenvalue weighted by Crippen LogP contribution is -2.07. The van der Waals surface area contributed by atoms with Crippen LogP contribution in [0.1, 0.15) is 11.4 Å². The zero-order valence-corrected chi connectivity index (χ0v) is 16.2. The lowest BCUT2D eigenvalue weighted by atomic mass is 10.1. The van der Waals surface area contributed by atoms with Gasteiger partial charge in [0.1, 0.15) is 12.4 Å². The zero-order valence-electron chi connectivity index (χ0n) is 15.4. The minimum absolute atomic E-state index is 0.280. The number of hydrogen-bond donors (Lipinski definition) is 0. The van der Waals surface area contributed by atoms with E-state index in [9.17, 15) is 0 Å². The first-order valence-corrected chi connectivity index (χ1v) is 9.86. The molecule has 0 radical (unpaired) electrons. The molecule has 5 nitrogen and oxygen atoms in total. The molecule has 4 rings (SSSR count). The van der Waals surface area contributed by atoms with Crippen molar-refractivity contribution >= 4 is 22.5 Å². The zero-order chi connectivity index (χ0) is 19.3. The summed E-state index contributed by atoms with van der Waals surface area (Å²) in [6.45, 7) is 2.33. The normalized spacial score (nSPS) is 10.7. The highest BCUT2D eigenvalue weighted by Gasteiger charge is 2.15. The smallest absolute Gasteiger partial charge is 0.196 e. The number of benzene rings is 3. The number of hydrogen-bond acceptors (Lipinski definition) is 5. The van der Waals surface area contributed by atoms with Gasteiger partial charge in [-0.2, -0.15) is 5.26 Å². The van der Waals surface area contributed by atoms with E-state index in [1.54, 1.807) is 0 Å². The highest BCUT2D eigenvalue weighted by Crippen LogP contribution is 2.27. The van der Waals surface area contributed by atoms with Crippen LogP contribution in [0.25, 0.3) is 16.5 Å². The molecule has 0 fully saturated rings. The maximum atomic E-state index is 8.93. The molecule has 138 valence electrons. The van der Waals surface area contributed by atoms with Gasteiger partial charge in [-0.25, -0.2) is 0 Å². The molecule has 0 aliphatic rings. The highest BCUT2D eigenvalue weighted by atomic mass is 32.2. The Morgan fingerprint density at radius 1 is 1.00 bits per heavy atom. The van der Waals surface area contributed by atoms with Crippen molar-refractivity contribution in [2.24, 2.45) is 0 Å². The van der Waals surface area contributed by atoms with Crippen molar-refractivity contribution in [3.63, 3.8) is 0 Å². The van der Waals surface area contributed by atoms with Crippen molar-refractivity contribution in [1.29, 1.82) is 5.26 Å². The van der Waals surface area contributed by atoms with E-state index in [-0.39, 0.29) is 6.61 Å². The van der Waals surface area contributed by atoms with Gasteiger partial charge in [-0.05, 0) is 30.5 Å². The van der Waals surface area contributed by atoms with Gasteiger partial charge in [0, 0.05) is 11.1 Å². The predicted octanol–water partition coefficient (Wildman–Crippen LogP) is 4.92. The molecule has 0 spiro atoms. The predicted molar refractivity (Wildman–Crippen MR) is 111 cm³/mol. The van der Waals surface area contributed by atoms with Crippen LogP contribution in [-0.2, 0) is 6.61 Å². The second-order valence-electron chi connectivity index (χ2n) is 6.28. The topological polar surface area (TPSA) is 63.7 Å². The standard InChI is InChI=1S/C22H18N4OS/c1-16-9-11-18(12-10-16)26-21(24-25-22(26)28-14-13-23)15-27-20-8-4-6-17-5-2-3-7-19(17)20/h2-12H,14-15H2,1H3. The molecule has 0 aliphatic carbocycles. The van der Waals surface area contributed by atoms with Crippen LogP contribution in [0.15, 0.2) is 71.9 Å². The van der Waals surface area contributed by atoms with Gasteiger partial charge in [-0.3, -0.25) is 4.57 Å². The van der Waals surface area contributed by atoms with E-state index in [0.717, 1.165) is 22.2 Å². The maximum Gasteiger partial charge on any atom is 0.196 e. The SMILES string of the molecule is Cc1ccc(-n2c(COc3cccc4ccccc34)nnc2SCC#N)cc1. The summed E-state index contributed by atoms with van der Waals surface area (Å²) < 4.78 is 8.06. The van der Waals surface area contributed by atoms with Gasteiger partial charge in [-0.1, -0.05) is 65.9 Å². The van der Waals surface area contributed by atoms with Crippen molar-refractivity contribution in [3.05, 3.63) is 78.1 Å².